The molecule has 1 N–H and O–H groups in total. The second-order valence-electron chi connectivity index (χ2n) is 6.43. The molecule has 5 heteroatoms. The van der Waals surface area contributed by atoms with Gasteiger partial charge in [-0.1, -0.05) is 36.4 Å². The lowest BCUT2D eigenvalue weighted by atomic mass is 10.1. The molecule has 1 heterocycles. The van der Waals surface area contributed by atoms with Gasteiger partial charge < -0.3 is 15.0 Å². The van der Waals surface area contributed by atoms with E-state index in [0.717, 1.165) is 28.1 Å². The standard InChI is InChI=1S/C20H22N2O3/c1-13-7-6-8-14(2)19(13)21-18(23)12-22(3)20(24)17-11-15-9-4-5-10-16(15)25-17/h4-10,17H,11-12H2,1-3H3,(H,21,23). The monoisotopic (exact) mass is 338 g/mol. The molecule has 5 nitrogen and oxygen atoms in total. The van der Waals surface area contributed by atoms with Crippen LogP contribution in [0, 0.1) is 13.8 Å². The highest BCUT2D eigenvalue weighted by molar-refractivity contribution is 5.96. The number of carbonyl (C=O) groups excluding carboxylic acids is 2. The molecule has 1 unspecified atom stereocenters. The SMILES string of the molecule is Cc1cccc(C)c1NC(=O)CN(C)C(=O)C1Cc2ccccc2O1. The molecule has 0 bridgehead atoms. The number of nitrogens with one attached hydrogen (secondary N) is 1. The summed E-state index contributed by atoms with van der Waals surface area (Å²) in [5.74, 6) is 0.339. The lowest BCUT2D eigenvalue weighted by Crippen LogP contribution is -2.42. The van der Waals surface area contributed by atoms with Gasteiger partial charge in [-0.15, -0.1) is 0 Å². The number of carbonyl (C=O) groups is 2. The molecule has 1 aliphatic heterocycles. The van der Waals surface area contributed by atoms with Gasteiger partial charge in [0, 0.05) is 19.2 Å². The quantitative estimate of drug-likeness (QED) is 0.932. The van der Waals surface area contributed by atoms with Gasteiger partial charge in [-0.25, -0.2) is 0 Å². The first-order chi connectivity index (χ1) is 12.0. The van der Waals surface area contributed by atoms with Crippen molar-refractivity contribution in [1.82, 2.24) is 4.90 Å². The smallest absolute Gasteiger partial charge is 0.264 e. The lowest BCUT2D eigenvalue weighted by molar-refractivity contribution is -0.139. The minimum absolute atomic E-state index is 0.0111. The van der Waals surface area contributed by atoms with Gasteiger partial charge in [-0.05, 0) is 36.6 Å². The maximum atomic E-state index is 12.6. The third kappa shape index (κ3) is 3.65. The number of hydrogen-bond donors (Lipinski definition) is 1. The van der Waals surface area contributed by atoms with Crippen LogP contribution in [0.2, 0.25) is 0 Å². The van der Waals surface area contributed by atoms with Crippen molar-refractivity contribution in [2.45, 2.75) is 26.4 Å². The summed E-state index contributed by atoms with van der Waals surface area (Å²) in [5, 5.41) is 2.90. The number of anilines is 1. The van der Waals surface area contributed by atoms with Gasteiger partial charge in [-0.2, -0.15) is 0 Å². The maximum Gasteiger partial charge on any atom is 0.264 e. The molecule has 0 spiro atoms. The fraction of sp³-hybridized carbons (Fsp3) is 0.300. The van der Waals surface area contributed by atoms with Gasteiger partial charge >= 0.3 is 0 Å². The molecule has 130 valence electrons. The third-order valence-corrected chi connectivity index (χ3v) is 4.43. The Bertz CT molecular complexity index is 771. The molecule has 0 aliphatic carbocycles. The molecule has 0 radical (unpaired) electrons. The minimum Gasteiger partial charge on any atom is -0.480 e. The second kappa shape index (κ2) is 6.97. The molecule has 25 heavy (non-hydrogen) atoms. The fourth-order valence-electron chi connectivity index (χ4n) is 3.05. The third-order valence-electron chi connectivity index (χ3n) is 4.43. The van der Waals surface area contributed by atoms with E-state index in [0.29, 0.717) is 6.42 Å². The molecule has 0 saturated heterocycles. The molecular weight excluding hydrogens is 316 g/mol. The first-order valence-corrected chi connectivity index (χ1v) is 8.31. The Balaban J connectivity index is 1.60. The Morgan fingerprint density at radius 3 is 2.48 bits per heavy atom. The predicted octanol–water partition coefficient (Wildman–Crippen LogP) is 2.70. The van der Waals surface area contributed by atoms with Crippen molar-refractivity contribution in [2.75, 3.05) is 18.9 Å². The number of likely N-dealkylation sites (N-methyl/N-ethyl adjacent to an activating group) is 1. The number of fused-ring (bicyclic) bond motifs is 1. The van der Waals surface area contributed by atoms with Crippen LogP contribution in [0.25, 0.3) is 0 Å². The van der Waals surface area contributed by atoms with E-state index in [1.807, 2.05) is 56.3 Å². The van der Waals surface area contributed by atoms with E-state index < -0.39 is 6.10 Å². The molecule has 3 rings (SSSR count). The predicted molar refractivity (Wildman–Crippen MR) is 96.7 cm³/mol. The summed E-state index contributed by atoms with van der Waals surface area (Å²) in [6.07, 6.45) is -0.0203. The van der Waals surface area contributed by atoms with Crippen LogP contribution in [0.1, 0.15) is 16.7 Å². The van der Waals surface area contributed by atoms with Gasteiger partial charge in [0.05, 0.1) is 6.54 Å². The summed E-state index contributed by atoms with van der Waals surface area (Å²) in [5.41, 5.74) is 3.82. The molecule has 0 fully saturated rings. The normalized spacial score (nSPS) is 15.2. The number of nitrogens with zero attached hydrogens (tertiary/aromatic N) is 1. The average molecular weight is 338 g/mol. The minimum atomic E-state index is -0.560. The van der Waals surface area contributed by atoms with Crippen LogP contribution in [0.15, 0.2) is 42.5 Å². The summed E-state index contributed by atoms with van der Waals surface area (Å²) in [6.45, 7) is 3.88. The van der Waals surface area contributed by atoms with E-state index in [2.05, 4.69) is 5.32 Å². The first kappa shape index (κ1) is 17.0. The van der Waals surface area contributed by atoms with Crippen molar-refractivity contribution in [3.63, 3.8) is 0 Å². The van der Waals surface area contributed by atoms with Gasteiger partial charge in [0.15, 0.2) is 6.10 Å². The van der Waals surface area contributed by atoms with Crippen molar-refractivity contribution >= 4 is 17.5 Å². The van der Waals surface area contributed by atoms with Crippen molar-refractivity contribution in [3.05, 3.63) is 59.2 Å². The highest BCUT2D eigenvalue weighted by atomic mass is 16.5. The first-order valence-electron chi connectivity index (χ1n) is 8.31. The van der Waals surface area contributed by atoms with Gasteiger partial charge in [0.1, 0.15) is 5.75 Å². The van der Waals surface area contributed by atoms with Crippen LogP contribution >= 0.6 is 0 Å². The lowest BCUT2D eigenvalue weighted by Gasteiger charge is -2.21. The largest absolute Gasteiger partial charge is 0.480 e. The van der Waals surface area contributed by atoms with E-state index in [-0.39, 0.29) is 18.4 Å². The summed E-state index contributed by atoms with van der Waals surface area (Å²) >= 11 is 0. The van der Waals surface area contributed by atoms with E-state index >= 15 is 0 Å². The van der Waals surface area contributed by atoms with Crippen molar-refractivity contribution < 1.29 is 14.3 Å². The van der Waals surface area contributed by atoms with E-state index in [1.54, 1.807) is 7.05 Å². The number of aryl methyl sites for hydroxylation is 2. The van der Waals surface area contributed by atoms with Crippen LogP contribution < -0.4 is 10.1 Å². The highest BCUT2D eigenvalue weighted by Gasteiger charge is 2.31. The van der Waals surface area contributed by atoms with E-state index in [9.17, 15) is 9.59 Å². The Kier molecular flexibility index (Phi) is 4.74. The topological polar surface area (TPSA) is 58.6 Å². The number of para-hydroxylation sites is 2. The number of ether oxygens (including phenoxy) is 1. The van der Waals surface area contributed by atoms with Crippen LogP contribution in [-0.2, 0) is 16.0 Å². The molecule has 1 atom stereocenters. The van der Waals surface area contributed by atoms with Crippen LogP contribution in [0.5, 0.6) is 5.75 Å². The molecule has 2 aromatic rings. The fourth-order valence-corrected chi connectivity index (χ4v) is 3.05. The molecule has 1 aliphatic rings. The van der Waals surface area contributed by atoms with Crippen LogP contribution in [0.3, 0.4) is 0 Å². The summed E-state index contributed by atoms with van der Waals surface area (Å²) in [6, 6.07) is 13.5. The van der Waals surface area contributed by atoms with Crippen molar-refractivity contribution in [3.8, 4) is 5.75 Å². The zero-order valence-electron chi connectivity index (χ0n) is 14.7. The Labute approximate surface area is 147 Å². The van der Waals surface area contributed by atoms with Crippen molar-refractivity contribution in [2.24, 2.45) is 0 Å². The average Bonchev–Trinajstić information content (AvgIpc) is 3.01. The van der Waals surface area contributed by atoms with Gasteiger partial charge in [0.2, 0.25) is 5.91 Å². The van der Waals surface area contributed by atoms with Crippen molar-refractivity contribution in [1.29, 1.82) is 0 Å². The molecule has 0 aromatic heterocycles. The van der Waals surface area contributed by atoms with E-state index in [4.69, 9.17) is 4.74 Å². The molecular formula is C20H22N2O3. The molecule has 0 saturated carbocycles. The number of benzene rings is 2. The van der Waals surface area contributed by atoms with Crippen LogP contribution in [0.4, 0.5) is 5.69 Å². The van der Waals surface area contributed by atoms with E-state index in [1.165, 1.54) is 4.90 Å². The Hall–Kier alpha value is -2.82. The van der Waals surface area contributed by atoms with Gasteiger partial charge in [0.25, 0.3) is 5.91 Å². The number of hydrogen-bond acceptors (Lipinski definition) is 3. The Morgan fingerprint density at radius 2 is 1.80 bits per heavy atom. The summed E-state index contributed by atoms with van der Waals surface area (Å²) in [7, 11) is 1.62. The number of rotatable bonds is 4. The molecule has 2 aromatic carbocycles. The number of amides is 2. The Morgan fingerprint density at radius 1 is 1.12 bits per heavy atom. The zero-order chi connectivity index (χ0) is 18.0. The summed E-state index contributed by atoms with van der Waals surface area (Å²) < 4.78 is 5.71. The van der Waals surface area contributed by atoms with Crippen LogP contribution in [-0.4, -0.2) is 36.4 Å². The zero-order valence-corrected chi connectivity index (χ0v) is 14.7. The highest BCUT2D eigenvalue weighted by Crippen LogP contribution is 2.28. The maximum absolute atomic E-state index is 12.6. The summed E-state index contributed by atoms with van der Waals surface area (Å²) in [4.78, 5) is 26.3. The second-order valence-corrected chi connectivity index (χ2v) is 6.43. The van der Waals surface area contributed by atoms with Gasteiger partial charge in [-0.3, -0.25) is 9.59 Å². The molecule has 2 amide bonds.